The Morgan fingerprint density at radius 3 is 2.45 bits per heavy atom. The van der Waals surface area contributed by atoms with Crippen molar-refractivity contribution in [2.24, 2.45) is 0 Å². The van der Waals surface area contributed by atoms with Gasteiger partial charge in [0.25, 0.3) is 5.91 Å². The Morgan fingerprint density at radius 1 is 1.13 bits per heavy atom. The topological polar surface area (TPSA) is 88.7 Å². The van der Waals surface area contributed by atoms with E-state index in [1.165, 1.54) is 6.08 Å². The summed E-state index contributed by atoms with van der Waals surface area (Å²) in [4.78, 5) is 23.9. The Morgan fingerprint density at radius 2 is 1.84 bits per heavy atom. The average Bonchev–Trinajstić information content (AvgIpc) is 2.75. The minimum absolute atomic E-state index is 0.0415. The van der Waals surface area contributed by atoms with Gasteiger partial charge >= 0.3 is 0 Å². The maximum absolute atomic E-state index is 11.9. The third kappa shape index (κ3) is 8.39. The number of amides is 2. The Balaban J connectivity index is 1.73. The van der Waals surface area contributed by atoms with Gasteiger partial charge in [-0.1, -0.05) is 32.0 Å². The molecule has 7 nitrogen and oxygen atoms in total. The van der Waals surface area contributed by atoms with Crippen LogP contribution in [-0.4, -0.2) is 30.6 Å². The smallest absolute Gasteiger partial charge is 0.276 e. The van der Waals surface area contributed by atoms with Crippen LogP contribution in [0.25, 0.3) is 6.08 Å². The van der Waals surface area contributed by atoms with Gasteiger partial charge in [0.15, 0.2) is 11.7 Å². The molecule has 2 amide bonds. The normalized spacial score (nSPS) is 10.6. The fraction of sp³-hybridized carbons (Fsp3) is 0.227. The molecule has 0 unspecified atom stereocenters. The van der Waals surface area contributed by atoms with Gasteiger partial charge in [0.2, 0.25) is 5.91 Å². The van der Waals surface area contributed by atoms with E-state index >= 15 is 0 Å². The molecule has 0 atom stereocenters. The molecule has 31 heavy (non-hydrogen) atoms. The molecule has 0 aliphatic heterocycles. The third-order valence-corrected chi connectivity index (χ3v) is 4.90. The molecule has 164 valence electrons. The Hall–Kier alpha value is -2.91. The fourth-order valence-electron chi connectivity index (χ4n) is 2.37. The molecule has 2 rings (SSSR count). The number of nitrogens with one attached hydrogen (secondary N) is 3. The Kier molecular flexibility index (Phi) is 9.48. The summed E-state index contributed by atoms with van der Waals surface area (Å²) < 4.78 is 11.4. The molecule has 2 aromatic rings. The van der Waals surface area contributed by atoms with E-state index in [-0.39, 0.29) is 11.7 Å². The maximum atomic E-state index is 11.9. The molecule has 0 aliphatic carbocycles. The lowest BCUT2D eigenvalue weighted by atomic mass is 10.0. The van der Waals surface area contributed by atoms with Crippen molar-refractivity contribution in [1.82, 2.24) is 16.2 Å². The van der Waals surface area contributed by atoms with Crippen LogP contribution in [0.3, 0.4) is 0 Å². The van der Waals surface area contributed by atoms with Crippen molar-refractivity contribution in [3.05, 3.63) is 64.1 Å². The van der Waals surface area contributed by atoms with Crippen molar-refractivity contribution >= 4 is 51.2 Å². The van der Waals surface area contributed by atoms with Crippen LogP contribution in [0.1, 0.15) is 30.9 Å². The van der Waals surface area contributed by atoms with E-state index in [1.54, 1.807) is 31.4 Å². The number of methoxy groups -OCH3 is 1. The number of ether oxygens (including phenoxy) is 2. The molecule has 0 heterocycles. The molecule has 3 N–H and O–H groups in total. The number of rotatable bonds is 7. The van der Waals surface area contributed by atoms with Crippen LogP contribution >= 0.6 is 28.1 Å². The molecule has 9 heteroatoms. The van der Waals surface area contributed by atoms with Gasteiger partial charge in [-0.15, -0.1) is 0 Å². The molecule has 0 fully saturated rings. The molecular formula is C22H24BrN3O4S. The molecule has 0 spiro atoms. The zero-order chi connectivity index (χ0) is 22.8. The number of carbonyl (C=O) groups excluding carboxylic acids is 2. The van der Waals surface area contributed by atoms with E-state index in [0.29, 0.717) is 11.7 Å². The van der Waals surface area contributed by atoms with Crippen LogP contribution in [0.15, 0.2) is 53.0 Å². The van der Waals surface area contributed by atoms with Crippen LogP contribution in [-0.2, 0) is 9.59 Å². The first kappa shape index (κ1) is 24.4. The van der Waals surface area contributed by atoms with Gasteiger partial charge in [0.05, 0.1) is 11.6 Å². The highest BCUT2D eigenvalue weighted by Gasteiger charge is 2.09. The van der Waals surface area contributed by atoms with Gasteiger partial charge in [-0.3, -0.25) is 25.8 Å². The number of hydrogen-bond acceptors (Lipinski definition) is 5. The van der Waals surface area contributed by atoms with E-state index in [9.17, 15) is 9.59 Å². The van der Waals surface area contributed by atoms with Crippen LogP contribution < -0.4 is 25.6 Å². The summed E-state index contributed by atoms with van der Waals surface area (Å²) in [6.45, 7) is 3.97. The molecule has 2 aromatic carbocycles. The standard InChI is InChI=1S/C22H24BrN3O4S/c1-14(2)16-7-10-19(18(23)12-16)30-13-21(28)25-26-22(31)24-20(27)11-6-15-4-8-17(29-3)9-5-15/h4-12,14H,13H2,1-3H3,(H,25,28)(H2,24,26,27,31)/b11-6+. The number of hydrazine groups is 1. The van der Waals surface area contributed by atoms with Gasteiger partial charge in [-0.05, 0) is 75.5 Å². The van der Waals surface area contributed by atoms with Gasteiger partial charge in [0, 0.05) is 6.08 Å². The SMILES string of the molecule is COc1ccc(/C=C/C(=O)NC(=S)NNC(=O)COc2ccc(C(C)C)cc2Br)cc1. The summed E-state index contributed by atoms with van der Waals surface area (Å²) in [5.41, 5.74) is 6.82. The number of hydrogen-bond donors (Lipinski definition) is 3. The van der Waals surface area contributed by atoms with Gasteiger partial charge in [-0.25, -0.2) is 0 Å². The first-order chi connectivity index (χ1) is 14.8. The molecular weight excluding hydrogens is 482 g/mol. The maximum Gasteiger partial charge on any atom is 0.276 e. The van der Waals surface area contributed by atoms with E-state index in [1.807, 2.05) is 24.3 Å². The van der Waals surface area contributed by atoms with Crippen molar-refractivity contribution in [2.75, 3.05) is 13.7 Å². The number of halogens is 1. The first-order valence-corrected chi connectivity index (χ1v) is 10.6. The van der Waals surface area contributed by atoms with Crippen LogP contribution in [0.2, 0.25) is 0 Å². The molecule has 0 aromatic heterocycles. The predicted octanol–water partition coefficient (Wildman–Crippen LogP) is 3.70. The zero-order valence-corrected chi connectivity index (χ0v) is 19.8. The lowest BCUT2D eigenvalue weighted by Crippen LogP contribution is -2.49. The van der Waals surface area contributed by atoms with Crippen molar-refractivity contribution in [3.63, 3.8) is 0 Å². The second-order valence-corrected chi connectivity index (χ2v) is 7.99. The molecule has 0 saturated carbocycles. The lowest BCUT2D eigenvalue weighted by molar-refractivity contribution is -0.123. The highest BCUT2D eigenvalue weighted by molar-refractivity contribution is 9.10. The van der Waals surface area contributed by atoms with Crippen LogP contribution in [0, 0.1) is 0 Å². The van der Waals surface area contributed by atoms with Crippen LogP contribution in [0.5, 0.6) is 11.5 Å². The summed E-state index contributed by atoms with van der Waals surface area (Å²) in [7, 11) is 1.58. The minimum atomic E-state index is -0.454. The number of carbonyl (C=O) groups is 2. The van der Waals surface area contributed by atoms with E-state index < -0.39 is 11.8 Å². The van der Waals surface area contributed by atoms with Gasteiger partial charge in [0.1, 0.15) is 11.5 Å². The van der Waals surface area contributed by atoms with E-state index in [2.05, 4.69) is 45.9 Å². The lowest BCUT2D eigenvalue weighted by Gasteiger charge is -2.12. The summed E-state index contributed by atoms with van der Waals surface area (Å²) in [6, 6.07) is 12.9. The summed E-state index contributed by atoms with van der Waals surface area (Å²) in [5.74, 6) is 0.782. The molecule has 0 aliphatic rings. The van der Waals surface area contributed by atoms with Crippen molar-refractivity contribution in [2.45, 2.75) is 19.8 Å². The second-order valence-electron chi connectivity index (χ2n) is 6.73. The average molecular weight is 506 g/mol. The van der Waals surface area contributed by atoms with Crippen molar-refractivity contribution < 1.29 is 19.1 Å². The van der Waals surface area contributed by atoms with Gasteiger partial charge < -0.3 is 9.47 Å². The third-order valence-electron chi connectivity index (χ3n) is 4.08. The Bertz CT molecular complexity index is 962. The Labute approximate surface area is 195 Å². The largest absolute Gasteiger partial charge is 0.497 e. The second kappa shape index (κ2) is 12.1. The number of benzene rings is 2. The summed E-state index contributed by atoms with van der Waals surface area (Å²) in [6.07, 6.45) is 2.96. The zero-order valence-electron chi connectivity index (χ0n) is 17.4. The first-order valence-electron chi connectivity index (χ1n) is 9.42. The fourth-order valence-corrected chi connectivity index (χ4v) is 3.03. The highest BCUT2D eigenvalue weighted by atomic mass is 79.9. The number of thiocarbonyl (C=S) groups is 1. The van der Waals surface area contributed by atoms with Crippen molar-refractivity contribution in [3.8, 4) is 11.5 Å². The molecule has 0 saturated heterocycles. The van der Waals surface area contributed by atoms with E-state index in [0.717, 1.165) is 21.3 Å². The highest BCUT2D eigenvalue weighted by Crippen LogP contribution is 2.28. The predicted molar refractivity (Wildman–Crippen MR) is 128 cm³/mol. The quantitative estimate of drug-likeness (QED) is 0.302. The van der Waals surface area contributed by atoms with Crippen molar-refractivity contribution in [1.29, 1.82) is 0 Å². The summed E-state index contributed by atoms with van der Waals surface area (Å²) >= 11 is 8.43. The van der Waals surface area contributed by atoms with Gasteiger partial charge in [-0.2, -0.15) is 0 Å². The van der Waals surface area contributed by atoms with Crippen LogP contribution in [0.4, 0.5) is 0 Å². The molecule has 0 bridgehead atoms. The monoisotopic (exact) mass is 505 g/mol. The molecule has 0 radical (unpaired) electrons. The van der Waals surface area contributed by atoms with E-state index in [4.69, 9.17) is 21.7 Å². The minimum Gasteiger partial charge on any atom is -0.497 e. The summed E-state index contributed by atoms with van der Waals surface area (Å²) in [5, 5.41) is 2.39.